The van der Waals surface area contributed by atoms with Gasteiger partial charge in [0, 0.05) is 12.6 Å². The zero-order valence-electron chi connectivity index (χ0n) is 13.3. The number of rotatable bonds is 1. The predicted molar refractivity (Wildman–Crippen MR) is 83.6 cm³/mol. The molecule has 1 saturated heterocycles. The molecule has 3 rings (SSSR count). The van der Waals surface area contributed by atoms with Crippen LogP contribution in [-0.2, 0) is 4.74 Å². The van der Waals surface area contributed by atoms with Crippen molar-refractivity contribution < 1.29 is 4.74 Å². The maximum Gasteiger partial charge on any atom is 0.0688 e. The lowest BCUT2D eigenvalue weighted by molar-refractivity contribution is -0.113. The Morgan fingerprint density at radius 1 is 1.15 bits per heavy atom. The zero-order chi connectivity index (χ0) is 14.2. The second kappa shape index (κ2) is 5.46. The van der Waals surface area contributed by atoms with Gasteiger partial charge in [0.05, 0.1) is 5.60 Å². The van der Waals surface area contributed by atoms with E-state index in [4.69, 9.17) is 10.5 Å². The van der Waals surface area contributed by atoms with Crippen molar-refractivity contribution in [3.63, 3.8) is 0 Å². The van der Waals surface area contributed by atoms with Crippen LogP contribution < -0.4 is 5.73 Å². The second-order valence-electron chi connectivity index (χ2n) is 8.23. The Morgan fingerprint density at radius 3 is 2.60 bits per heavy atom. The van der Waals surface area contributed by atoms with Crippen LogP contribution in [0.1, 0.15) is 71.6 Å². The standard InChI is InChI=1S/C18H31NO/c1-17(2)11-15(10-16(19)13-17)14-6-9-20-18(12-14)7-4-3-5-8-18/h10,14,16H,3-9,11-13,19H2,1-2H3. The summed E-state index contributed by atoms with van der Waals surface area (Å²) in [7, 11) is 0. The van der Waals surface area contributed by atoms with Crippen molar-refractivity contribution in [1.29, 1.82) is 0 Å². The van der Waals surface area contributed by atoms with E-state index in [0.29, 0.717) is 5.41 Å². The topological polar surface area (TPSA) is 35.2 Å². The minimum atomic E-state index is 0.216. The Hall–Kier alpha value is -0.340. The normalized spacial score (nSPS) is 36.6. The summed E-state index contributed by atoms with van der Waals surface area (Å²) in [4.78, 5) is 0. The Balaban J connectivity index is 1.73. The number of nitrogens with two attached hydrogens (primary N) is 1. The third-order valence-electron chi connectivity index (χ3n) is 5.68. The summed E-state index contributed by atoms with van der Waals surface area (Å²) in [5, 5.41) is 0. The molecule has 114 valence electrons. The van der Waals surface area contributed by atoms with E-state index in [1.807, 2.05) is 0 Å². The van der Waals surface area contributed by atoms with E-state index in [2.05, 4.69) is 19.9 Å². The monoisotopic (exact) mass is 277 g/mol. The molecule has 0 aromatic heterocycles. The van der Waals surface area contributed by atoms with Crippen LogP contribution >= 0.6 is 0 Å². The molecule has 0 aromatic carbocycles. The van der Waals surface area contributed by atoms with E-state index in [-0.39, 0.29) is 11.6 Å². The van der Waals surface area contributed by atoms with Crippen LogP contribution in [0, 0.1) is 11.3 Å². The first-order valence-electron chi connectivity index (χ1n) is 8.58. The smallest absolute Gasteiger partial charge is 0.0688 e. The first kappa shape index (κ1) is 14.6. The van der Waals surface area contributed by atoms with Crippen LogP contribution in [0.25, 0.3) is 0 Å². The van der Waals surface area contributed by atoms with Crippen LogP contribution in [0.4, 0.5) is 0 Å². The molecule has 0 radical (unpaired) electrons. The number of allylic oxidation sites excluding steroid dienone is 1. The maximum absolute atomic E-state index is 6.27. The lowest BCUT2D eigenvalue weighted by Gasteiger charge is -2.46. The van der Waals surface area contributed by atoms with Gasteiger partial charge in [-0.1, -0.05) is 44.8 Å². The van der Waals surface area contributed by atoms with Crippen molar-refractivity contribution in [2.24, 2.45) is 17.1 Å². The van der Waals surface area contributed by atoms with E-state index in [0.717, 1.165) is 18.9 Å². The molecule has 0 aromatic rings. The van der Waals surface area contributed by atoms with E-state index in [1.54, 1.807) is 5.57 Å². The predicted octanol–water partition coefficient (Wildman–Crippen LogP) is 4.19. The molecular formula is C18H31NO. The first-order chi connectivity index (χ1) is 9.48. The molecular weight excluding hydrogens is 246 g/mol. The number of ether oxygens (including phenoxy) is 1. The molecule has 2 unspecified atom stereocenters. The van der Waals surface area contributed by atoms with Crippen molar-refractivity contribution in [3.8, 4) is 0 Å². The van der Waals surface area contributed by atoms with Crippen LogP contribution in [-0.4, -0.2) is 18.2 Å². The minimum absolute atomic E-state index is 0.216. The summed E-state index contributed by atoms with van der Waals surface area (Å²) in [6, 6.07) is 0.263. The van der Waals surface area contributed by atoms with Crippen molar-refractivity contribution in [2.75, 3.05) is 6.61 Å². The molecule has 1 spiro atoms. The molecule has 2 fully saturated rings. The maximum atomic E-state index is 6.27. The first-order valence-corrected chi connectivity index (χ1v) is 8.58. The highest BCUT2D eigenvalue weighted by atomic mass is 16.5. The average Bonchev–Trinajstić information content (AvgIpc) is 2.37. The summed E-state index contributed by atoms with van der Waals surface area (Å²) in [5.41, 5.74) is 8.50. The van der Waals surface area contributed by atoms with Gasteiger partial charge in [0.15, 0.2) is 0 Å². The lowest BCUT2D eigenvalue weighted by Crippen LogP contribution is -2.43. The van der Waals surface area contributed by atoms with Crippen LogP contribution in [0.15, 0.2) is 11.6 Å². The molecule has 0 bridgehead atoms. The number of hydrogen-bond acceptors (Lipinski definition) is 2. The Kier molecular flexibility index (Phi) is 3.98. The quantitative estimate of drug-likeness (QED) is 0.729. The Bertz CT molecular complexity index is 373. The van der Waals surface area contributed by atoms with E-state index in [9.17, 15) is 0 Å². The van der Waals surface area contributed by atoms with Gasteiger partial charge in [-0.3, -0.25) is 0 Å². The van der Waals surface area contributed by atoms with Gasteiger partial charge >= 0.3 is 0 Å². The van der Waals surface area contributed by atoms with Crippen molar-refractivity contribution in [1.82, 2.24) is 0 Å². The van der Waals surface area contributed by atoms with Gasteiger partial charge < -0.3 is 10.5 Å². The van der Waals surface area contributed by atoms with E-state index >= 15 is 0 Å². The third kappa shape index (κ3) is 3.12. The molecule has 1 heterocycles. The second-order valence-corrected chi connectivity index (χ2v) is 8.23. The molecule has 2 aliphatic carbocycles. The SMILES string of the molecule is CC1(C)CC(C2CCOC3(CCCCC3)C2)=CC(N)C1. The molecule has 2 N–H and O–H groups in total. The third-order valence-corrected chi connectivity index (χ3v) is 5.68. The Labute approximate surface area is 124 Å². The molecule has 20 heavy (non-hydrogen) atoms. The summed E-state index contributed by atoms with van der Waals surface area (Å²) in [6.07, 6.45) is 13.9. The average molecular weight is 277 g/mol. The molecule has 2 heteroatoms. The van der Waals surface area contributed by atoms with Crippen molar-refractivity contribution in [3.05, 3.63) is 11.6 Å². The highest BCUT2D eigenvalue weighted by Gasteiger charge is 2.41. The minimum Gasteiger partial charge on any atom is -0.375 e. The van der Waals surface area contributed by atoms with Gasteiger partial charge in [0.1, 0.15) is 0 Å². The van der Waals surface area contributed by atoms with Crippen molar-refractivity contribution >= 4 is 0 Å². The molecule has 2 nitrogen and oxygen atoms in total. The van der Waals surface area contributed by atoms with Gasteiger partial charge in [-0.2, -0.15) is 0 Å². The lowest BCUT2D eigenvalue weighted by atomic mass is 9.68. The molecule has 1 saturated carbocycles. The highest BCUT2D eigenvalue weighted by molar-refractivity contribution is 5.18. The van der Waals surface area contributed by atoms with Gasteiger partial charge in [-0.25, -0.2) is 0 Å². The van der Waals surface area contributed by atoms with Gasteiger partial charge in [0.2, 0.25) is 0 Å². The Morgan fingerprint density at radius 2 is 1.90 bits per heavy atom. The molecule has 2 atom stereocenters. The van der Waals surface area contributed by atoms with Crippen LogP contribution in [0.5, 0.6) is 0 Å². The molecule has 3 aliphatic rings. The summed E-state index contributed by atoms with van der Waals surface area (Å²) in [5.74, 6) is 0.729. The largest absolute Gasteiger partial charge is 0.375 e. The van der Waals surface area contributed by atoms with Gasteiger partial charge in [-0.15, -0.1) is 0 Å². The van der Waals surface area contributed by atoms with Crippen molar-refractivity contribution in [2.45, 2.75) is 83.3 Å². The summed E-state index contributed by atoms with van der Waals surface area (Å²) in [6.45, 7) is 5.70. The van der Waals surface area contributed by atoms with Crippen LogP contribution in [0.2, 0.25) is 0 Å². The summed E-state index contributed by atoms with van der Waals surface area (Å²) >= 11 is 0. The highest BCUT2D eigenvalue weighted by Crippen LogP contribution is 2.46. The van der Waals surface area contributed by atoms with E-state index < -0.39 is 0 Å². The van der Waals surface area contributed by atoms with Gasteiger partial charge in [-0.05, 0) is 49.9 Å². The fraction of sp³-hybridized carbons (Fsp3) is 0.889. The van der Waals surface area contributed by atoms with E-state index in [1.165, 1.54) is 51.4 Å². The fourth-order valence-corrected chi connectivity index (χ4v) is 4.82. The van der Waals surface area contributed by atoms with Crippen LogP contribution in [0.3, 0.4) is 0 Å². The summed E-state index contributed by atoms with van der Waals surface area (Å²) < 4.78 is 6.25. The number of hydrogen-bond donors (Lipinski definition) is 1. The fourth-order valence-electron chi connectivity index (χ4n) is 4.82. The molecule has 0 amide bonds. The molecule has 1 aliphatic heterocycles. The van der Waals surface area contributed by atoms with Gasteiger partial charge in [0.25, 0.3) is 0 Å². The zero-order valence-corrected chi connectivity index (χ0v) is 13.3.